The fourth-order valence-corrected chi connectivity index (χ4v) is 6.84. The summed E-state index contributed by atoms with van der Waals surface area (Å²) >= 11 is 0. The Kier molecular flexibility index (Phi) is 4.91. The van der Waals surface area contributed by atoms with Crippen LogP contribution in [-0.2, 0) is 13.1 Å². The number of hydrogen-bond acceptors (Lipinski definition) is 3. The van der Waals surface area contributed by atoms with E-state index in [1.165, 1.54) is 43.2 Å². The van der Waals surface area contributed by atoms with Crippen molar-refractivity contribution < 1.29 is 0 Å². The zero-order valence-corrected chi connectivity index (χ0v) is 18.4. The Morgan fingerprint density at radius 3 is 2.32 bits per heavy atom. The van der Waals surface area contributed by atoms with E-state index in [4.69, 9.17) is 10.2 Å². The fourth-order valence-electron chi connectivity index (χ4n) is 6.84. The molecule has 4 nitrogen and oxygen atoms in total. The Morgan fingerprint density at radius 2 is 1.61 bits per heavy atom. The van der Waals surface area contributed by atoms with Gasteiger partial charge in [0.25, 0.3) is 0 Å². The summed E-state index contributed by atoms with van der Waals surface area (Å²) in [5.74, 6) is 3.77. The van der Waals surface area contributed by atoms with Crippen LogP contribution >= 0.6 is 0 Å². The minimum atomic E-state index is 0.665. The van der Waals surface area contributed by atoms with Gasteiger partial charge in [-0.3, -0.25) is 0 Å². The molecular weight excluding hydrogens is 380 g/mol. The first kappa shape index (κ1) is 19.2. The molecular formula is C27H32N4. The summed E-state index contributed by atoms with van der Waals surface area (Å²) in [6, 6.07) is 19.8. The summed E-state index contributed by atoms with van der Waals surface area (Å²) in [5.41, 5.74) is 5.77. The summed E-state index contributed by atoms with van der Waals surface area (Å²) in [7, 11) is 0. The molecule has 4 aliphatic rings. The summed E-state index contributed by atoms with van der Waals surface area (Å²) in [6.45, 7) is 3.65. The van der Waals surface area contributed by atoms with E-state index in [0.717, 1.165) is 47.2 Å². The van der Waals surface area contributed by atoms with Crippen LogP contribution in [0.15, 0.2) is 54.6 Å². The quantitative estimate of drug-likeness (QED) is 0.604. The third-order valence-electron chi connectivity index (χ3n) is 7.91. The lowest BCUT2D eigenvalue weighted by atomic mass is 9.54. The maximum absolute atomic E-state index is 4.96. The first-order chi connectivity index (χ1) is 15.2. The molecule has 160 valence electrons. The van der Waals surface area contributed by atoms with Crippen molar-refractivity contribution in [2.75, 3.05) is 0 Å². The van der Waals surface area contributed by atoms with Crippen molar-refractivity contribution in [2.24, 2.45) is 23.7 Å². The van der Waals surface area contributed by atoms with E-state index >= 15 is 0 Å². The van der Waals surface area contributed by atoms with Crippen molar-refractivity contribution in [3.8, 4) is 11.3 Å². The molecule has 0 saturated heterocycles. The number of rotatable bonds is 6. The van der Waals surface area contributed by atoms with Gasteiger partial charge in [0, 0.05) is 18.2 Å². The molecule has 4 fully saturated rings. The standard InChI is InChI=1S/C27H32N4/c1-18-6-5-7-19(10-18)17-31-29-25(27(30-31)22-8-3-2-4-9-22)16-28-26-23-12-20-11-21(14-23)15-24(26)13-20/h2-10,20-21,23-24,26,28H,11-17H2,1H3. The lowest BCUT2D eigenvalue weighted by molar-refractivity contribution is -0.0143. The second kappa shape index (κ2) is 7.90. The normalized spacial score (nSPS) is 28.9. The average Bonchev–Trinajstić information content (AvgIpc) is 3.16. The van der Waals surface area contributed by atoms with Crippen LogP contribution in [0.1, 0.15) is 48.9 Å². The molecule has 4 aliphatic carbocycles. The lowest BCUT2D eigenvalue weighted by Gasteiger charge is -2.54. The van der Waals surface area contributed by atoms with Crippen LogP contribution in [0.25, 0.3) is 11.3 Å². The van der Waals surface area contributed by atoms with Gasteiger partial charge in [0.15, 0.2) is 0 Å². The van der Waals surface area contributed by atoms with Gasteiger partial charge in [-0.1, -0.05) is 60.2 Å². The molecule has 0 amide bonds. The molecule has 0 atom stereocenters. The molecule has 0 radical (unpaired) electrons. The van der Waals surface area contributed by atoms with Crippen LogP contribution in [0.2, 0.25) is 0 Å². The van der Waals surface area contributed by atoms with E-state index < -0.39 is 0 Å². The Hall–Kier alpha value is -2.46. The van der Waals surface area contributed by atoms with Crippen LogP contribution in [0.5, 0.6) is 0 Å². The maximum atomic E-state index is 4.96. The van der Waals surface area contributed by atoms with Gasteiger partial charge in [-0.15, -0.1) is 0 Å². The highest BCUT2D eigenvalue weighted by Crippen LogP contribution is 2.53. The van der Waals surface area contributed by atoms with Crippen LogP contribution in [0.3, 0.4) is 0 Å². The molecule has 1 N–H and O–H groups in total. The van der Waals surface area contributed by atoms with E-state index in [1.54, 1.807) is 0 Å². The summed E-state index contributed by atoms with van der Waals surface area (Å²) in [4.78, 5) is 1.88. The van der Waals surface area contributed by atoms with Crippen molar-refractivity contribution >= 4 is 0 Å². The number of aromatic nitrogens is 3. The highest BCUT2D eigenvalue weighted by molar-refractivity contribution is 5.60. The van der Waals surface area contributed by atoms with E-state index in [9.17, 15) is 0 Å². The highest BCUT2D eigenvalue weighted by Gasteiger charge is 2.47. The Morgan fingerprint density at radius 1 is 0.871 bits per heavy atom. The molecule has 2 aromatic carbocycles. The summed E-state index contributed by atoms with van der Waals surface area (Å²) in [6.07, 6.45) is 7.27. The van der Waals surface area contributed by atoms with Gasteiger partial charge in [-0.2, -0.15) is 15.0 Å². The Labute approximate surface area is 185 Å². The number of nitrogens with zero attached hydrogens (tertiary/aromatic N) is 3. The van der Waals surface area contributed by atoms with E-state index in [0.29, 0.717) is 12.6 Å². The number of benzene rings is 2. The van der Waals surface area contributed by atoms with Gasteiger partial charge < -0.3 is 5.32 Å². The molecule has 0 spiro atoms. The molecule has 7 rings (SSSR count). The van der Waals surface area contributed by atoms with E-state index in [-0.39, 0.29) is 0 Å². The molecule has 0 aliphatic heterocycles. The largest absolute Gasteiger partial charge is 0.308 e. The van der Waals surface area contributed by atoms with Crippen molar-refractivity contribution in [3.63, 3.8) is 0 Å². The zero-order chi connectivity index (χ0) is 20.8. The summed E-state index contributed by atoms with van der Waals surface area (Å²) in [5, 5.41) is 13.8. The van der Waals surface area contributed by atoms with Crippen LogP contribution in [-0.4, -0.2) is 21.0 Å². The molecule has 4 heteroatoms. The molecule has 31 heavy (non-hydrogen) atoms. The third-order valence-corrected chi connectivity index (χ3v) is 7.91. The van der Waals surface area contributed by atoms with Gasteiger partial charge >= 0.3 is 0 Å². The second-order valence-electron chi connectivity index (χ2n) is 10.2. The van der Waals surface area contributed by atoms with Gasteiger partial charge in [0.2, 0.25) is 0 Å². The first-order valence-electron chi connectivity index (χ1n) is 12.0. The molecule has 4 bridgehead atoms. The van der Waals surface area contributed by atoms with Gasteiger partial charge in [-0.05, 0) is 68.3 Å². The predicted molar refractivity (Wildman–Crippen MR) is 123 cm³/mol. The second-order valence-corrected chi connectivity index (χ2v) is 10.2. The van der Waals surface area contributed by atoms with E-state index in [1.807, 2.05) is 4.80 Å². The molecule has 1 aromatic heterocycles. The number of aryl methyl sites for hydroxylation is 1. The number of hydrogen-bond donors (Lipinski definition) is 1. The fraction of sp³-hybridized carbons (Fsp3) is 0.481. The van der Waals surface area contributed by atoms with Gasteiger partial charge in [0.05, 0.1) is 6.54 Å². The van der Waals surface area contributed by atoms with Crippen molar-refractivity contribution in [2.45, 2.75) is 58.2 Å². The average molecular weight is 413 g/mol. The minimum absolute atomic E-state index is 0.665. The first-order valence-corrected chi connectivity index (χ1v) is 12.0. The van der Waals surface area contributed by atoms with E-state index in [2.05, 4.69) is 66.8 Å². The topological polar surface area (TPSA) is 42.7 Å². The molecule has 0 unspecified atom stereocenters. The summed E-state index contributed by atoms with van der Waals surface area (Å²) < 4.78 is 0. The predicted octanol–water partition coefficient (Wildman–Crippen LogP) is 5.22. The highest BCUT2D eigenvalue weighted by atomic mass is 15.5. The lowest BCUT2D eigenvalue weighted by Crippen LogP contribution is -2.54. The van der Waals surface area contributed by atoms with Crippen molar-refractivity contribution in [1.82, 2.24) is 20.3 Å². The minimum Gasteiger partial charge on any atom is -0.308 e. The van der Waals surface area contributed by atoms with Gasteiger partial charge in [-0.25, -0.2) is 0 Å². The van der Waals surface area contributed by atoms with Gasteiger partial charge in [0.1, 0.15) is 11.4 Å². The monoisotopic (exact) mass is 412 g/mol. The smallest absolute Gasteiger partial charge is 0.117 e. The number of nitrogens with one attached hydrogen (secondary N) is 1. The van der Waals surface area contributed by atoms with Crippen molar-refractivity contribution in [1.29, 1.82) is 0 Å². The van der Waals surface area contributed by atoms with Crippen molar-refractivity contribution in [3.05, 3.63) is 71.4 Å². The molecule has 4 saturated carbocycles. The Balaban J connectivity index is 1.25. The SMILES string of the molecule is Cc1cccc(Cn2nc(CNC3C4CC5CC(C4)CC3C5)c(-c3ccccc3)n2)c1. The van der Waals surface area contributed by atoms with Crippen LogP contribution in [0, 0.1) is 30.6 Å². The third kappa shape index (κ3) is 3.82. The molecule has 3 aromatic rings. The van der Waals surface area contributed by atoms with Crippen LogP contribution < -0.4 is 5.32 Å². The maximum Gasteiger partial charge on any atom is 0.117 e. The molecule has 1 heterocycles. The Bertz CT molecular complexity index is 1030. The zero-order valence-electron chi connectivity index (χ0n) is 18.4. The van der Waals surface area contributed by atoms with Crippen LogP contribution in [0.4, 0.5) is 0 Å².